The Morgan fingerprint density at radius 3 is 3.26 bits per heavy atom. The van der Waals surface area contributed by atoms with Crippen molar-refractivity contribution < 1.29 is 4.74 Å². The van der Waals surface area contributed by atoms with E-state index in [1.807, 2.05) is 0 Å². The first kappa shape index (κ1) is 12.3. The predicted octanol–water partition coefficient (Wildman–Crippen LogP) is 1.75. The number of nitrogens with zero attached hydrogens (tertiary/aromatic N) is 4. The van der Waals surface area contributed by atoms with Crippen LogP contribution in [0.1, 0.15) is 26.2 Å². The number of aromatic amines is 1. The molecule has 1 atom stereocenters. The maximum atomic E-state index is 5.87. The molecule has 6 nitrogen and oxygen atoms in total. The molecule has 0 aromatic carbocycles. The van der Waals surface area contributed by atoms with E-state index < -0.39 is 0 Å². The molecule has 0 radical (unpaired) electrons. The lowest BCUT2D eigenvalue weighted by atomic mass is 10.1. The Hall–Kier alpha value is -1.69. The largest absolute Gasteiger partial charge is 0.376 e. The number of hydrogen-bond acceptors (Lipinski definition) is 5. The van der Waals surface area contributed by atoms with Crippen LogP contribution in [0.3, 0.4) is 0 Å². The van der Waals surface area contributed by atoms with E-state index in [1.54, 1.807) is 12.7 Å². The van der Waals surface area contributed by atoms with Gasteiger partial charge in [-0.15, -0.1) is 0 Å². The number of anilines is 1. The maximum absolute atomic E-state index is 5.87. The van der Waals surface area contributed by atoms with Crippen LogP contribution in [0.5, 0.6) is 0 Å². The van der Waals surface area contributed by atoms with Crippen LogP contribution in [-0.4, -0.2) is 45.7 Å². The van der Waals surface area contributed by atoms with E-state index in [4.69, 9.17) is 4.74 Å². The fraction of sp³-hybridized carbons (Fsp3) is 0.615. The molecule has 1 aliphatic rings. The second kappa shape index (κ2) is 5.52. The van der Waals surface area contributed by atoms with Crippen LogP contribution in [0.15, 0.2) is 12.7 Å². The van der Waals surface area contributed by atoms with Crippen molar-refractivity contribution in [2.75, 3.05) is 24.6 Å². The summed E-state index contributed by atoms with van der Waals surface area (Å²) in [6.45, 7) is 4.88. The molecule has 2 aromatic heterocycles. The van der Waals surface area contributed by atoms with Gasteiger partial charge in [-0.1, -0.05) is 6.92 Å². The van der Waals surface area contributed by atoms with E-state index in [0.29, 0.717) is 6.10 Å². The minimum Gasteiger partial charge on any atom is -0.376 e. The number of H-pyrrole nitrogens is 1. The topological polar surface area (TPSA) is 66.9 Å². The molecular weight excluding hydrogens is 242 g/mol. The molecule has 0 bridgehead atoms. The molecule has 102 valence electrons. The van der Waals surface area contributed by atoms with E-state index in [9.17, 15) is 0 Å². The SMILES string of the molecule is CCCOC1CCCN(c2ncnc3nc[nH]c23)C1. The molecule has 1 saturated heterocycles. The predicted molar refractivity (Wildman–Crippen MR) is 73.2 cm³/mol. The summed E-state index contributed by atoms with van der Waals surface area (Å²) < 4.78 is 5.87. The zero-order valence-corrected chi connectivity index (χ0v) is 11.2. The number of aromatic nitrogens is 4. The first-order valence-electron chi connectivity index (χ1n) is 6.89. The maximum Gasteiger partial charge on any atom is 0.182 e. The Bertz CT molecular complexity index is 541. The van der Waals surface area contributed by atoms with Crippen molar-refractivity contribution in [3.63, 3.8) is 0 Å². The van der Waals surface area contributed by atoms with Gasteiger partial charge in [-0.05, 0) is 19.3 Å². The molecule has 1 N–H and O–H groups in total. The van der Waals surface area contributed by atoms with E-state index in [-0.39, 0.29) is 0 Å². The molecule has 0 saturated carbocycles. The highest BCUT2D eigenvalue weighted by Crippen LogP contribution is 2.24. The van der Waals surface area contributed by atoms with Crippen molar-refractivity contribution in [1.29, 1.82) is 0 Å². The normalized spacial score (nSPS) is 20.1. The van der Waals surface area contributed by atoms with Crippen LogP contribution in [0.4, 0.5) is 5.82 Å². The van der Waals surface area contributed by atoms with Crippen LogP contribution in [0.2, 0.25) is 0 Å². The van der Waals surface area contributed by atoms with Gasteiger partial charge in [0, 0.05) is 19.7 Å². The lowest BCUT2D eigenvalue weighted by molar-refractivity contribution is 0.0439. The number of ether oxygens (including phenoxy) is 1. The van der Waals surface area contributed by atoms with Gasteiger partial charge in [0.15, 0.2) is 11.5 Å². The van der Waals surface area contributed by atoms with Gasteiger partial charge in [-0.3, -0.25) is 0 Å². The number of imidazole rings is 1. The molecule has 2 aromatic rings. The summed E-state index contributed by atoms with van der Waals surface area (Å²) in [4.78, 5) is 18.1. The number of hydrogen-bond donors (Lipinski definition) is 1. The average molecular weight is 261 g/mol. The standard InChI is InChI=1S/C13H19N5O/c1-2-6-19-10-4-3-5-18(7-10)13-11-12(15-8-14-11)16-9-17-13/h8-10H,2-7H2,1H3,(H,14,15,16,17). The van der Waals surface area contributed by atoms with Crippen LogP contribution < -0.4 is 4.90 Å². The molecule has 1 aliphatic heterocycles. The summed E-state index contributed by atoms with van der Waals surface area (Å²) >= 11 is 0. The van der Waals surface area contributed by atoms with Gasteiger partial charge < -0.3 is 14.6 Å². The fourth-order valence-electron chi connectivity index (χ4n) is 2.54. The molecular formula is C13H19N5O. The Morgan fingerprint density at radius 2 is 2.37 bits per heavy atom. The minimum atomic E-state index is 0.307. The molecule has 0 spiro atoms. The number of piperidine rings is 1. The summed E-state index contributed by atoms with van der Waals surface area (Å²) in [6, 6.07) is 0. The highest BCUT2D eigenvalue weighted by Gasteiger charge is 2.23. The van der Waals surface area contributed by atoms with Gasteiger partial charge in [0.25, 0.3) is 0 Å². The minimum absolute atomic E-state index is 0.307. The zero-order chi connectivity index (χ0) is 13.1. The fourth-order valence-corrected chi connectivity index (χ4v) is 2.54. The van der Waals surface area contributed by atoms with E-state index >= 15 is 0 Å². The van der Waals surface area contributed by atoms with Crippen LogP contribution >= 0.6 is 0 Å². The van der Waals surface area contributed by atoms with Crippen molar-refractivity contribution in [3.8, 4) is 0 Å². The Labute approximate surface area is 112 Å². The summed E-state index contributed by atoms with van der Waals surface area (Å²) in [7, 11) is 0. The molecule has 0 amide bonds. The van der Waals surface area contributed by atoms with Gasteiger partial charge in [-0.2, -0.15) is 0 Å². The van der Waals surface area contributed by atoms with Crippen molar-refractivity contribution in [1.82, 2.24) is 19.9 Å². The lowest BCUT2D eigenvalue weighted by Crippen LogP contribution is -2.40. The third kappa shape index (κ3) is 2.53. The summed E-state index contributed by atoms with van der Waals surface area (Å²) in [5.74, 6) is 0.937. The molecule has 3 heterocycles. The Morgan fingerprint density at radius 1 is 1.42 bits per heavy atom. The van der Waals surface area contributed by atoms with Crippen molar-refractivity contribution >= 4 is 17.0 Å². The number of fused-ring (bicyclic) bond motifs is 1. The van der Waals surface area contributed by atoms with Gasteiger partial charge in [-0.25, -0.2) is 15.0 Å². The van der Waals surface area contributed by atoms with E-state index in [1.165, 1.54) is 0 Å². The third-order valence-corrected chi connectivity index (χ3v) is 3.44. The highest BCUT2D eigenvalue weighted by atomic mass is 16.5. The Kier molecular flexibility index (Phi) is 3.59. The van der Waals surface area contributed by atoms with Crippen LogP contribution in [0.25, 0.3) is 11.2 Å². The molecule has 1 fully saturated rings. The summed E-state index contributed by atoms with van der Waals surface area (Å²) in [6.07, 6.45) is 6.88. The van der Waals surface area contributed by atoms with Crippen LogP contribution in [0, 0.1) is 0 Å². The van der Waals surface area contributed by atoms with Gasteiger partial charge in [0.2, 0.25) is 0 Å². The van der Waals surface area contributed by atoms with Crippen LogP contribution in [-0.2, 0) is 4.74 Å². The molecule has 3 rings (SSSR count). The van der Waals surface area contributed by atoms with Crippen molar-refractivity contribution in [2.24, 2.45) is 0 Å². The van der Waals surface area contributed by atoms with Crippen molar-refractivity contribution in [3.05, 3.63) is 12.7 Å². The first-order valence-corrected chi connectivity index (χ1v) is 6.89. The zero-order valence-electron chi connectivity index (χ0n) is 11.2. The molecule has 0 aliphatic carbocycles. The highest BCUT2D eigenvalue weighted by molar-refractivity contribution is 5.82. The molecule has 19 heavy (non-hydrogen) atoms. The van der Waals surface area contributed by atoms with Crippen molar-refractivity contribution in [2.45, 2.75) is 32.3 Å². The second-order valence-corrected chi connectivity index (χ2v) is 4.88. The second-order valence-electron chi connectivity index (χ2n) is 4.88. The third-order valence-electron chi connectivity index (χ3n) is 3.44. The molecule has 1 unspecified atom stereocenters. The first-order chi connectivity index (χ1) is 9.38. The van der Waals surface area contributed by atoms with Gasteiger partial charge in [0.05, 0.1) is 12.4 Å². The monoisotopic (exact) mass is 261 g/mol. The number of nitrogens with one attached hydrogen (secondary N) is 1. The molecule has 6 heteroatoms. The van der Waals surface area contributed by atoms with Gasteiger partial charge in [0.1, 0.15) is 11.8 Å². The lowest BCUT2D eigenvalue weighted by Gasteiger charge is -2.33. The Balaban J connectivity index is 1.79. The quantitative estimate of drug-likeness (QED) is 0.908. The van der Waals surface area contributed by atoms with E-state index in [2.05, 4.69) is 31.8 Å². The van der Waals surface area contributed by atoms with E-state index in [0.717, 1.165) is 55.9 Å². The summed E-state index contributed by atoms with van der Waals surface area (Å²) in [5, 5.41) is 0. The summed E-state index contributed by atoms with van der Waals surface area (Å²) in [5.41, 5.74) is 1.64. The number of rotatable bonds is 4. The smallest absolute Gasteiger partial charge is 0.182 e. The van der Waals surface area contributed by atoms with Gasteiger partial charge >= 0.3 is 0 Å². The average Bonchev–Trinajstić information content (AvgIpc) is 2.93.